The van der Waals surface area contributed by atoms with Crippen LogP contribution in [0.1, 0.15) is 10.4 Å². The lowest BCUT2D eigenvalue weighted by Gasteiger charge is -2.10. The zero-order chi connectivity index (χ0) is 18.8. The molecule has 0 radical (unpaired) electrons. The van der Waals surface area contributed by atoms with Crippen LogP contribution in [-0.4, -0.2) is 42.6 Å². The second kappa shape index (κ2) is 8.01. The summed E-state index contributed by atoms with van der Waals surface area (Å²) in [5, 5.41) is 1.61. The highest BCUT2D eigenvalue weighted by atomic mass is 79.9. The maximum absolute atomic E-state index is 13.0. The molecular formula is C19H17BrCl2N2O2. The minimum Gasteiger partial charge on any atom is -0.490 e. The molecule has 0 N–H and O–H groups in total. The molecule has 3 rings (SSSR count). The third kappa shape index (κ3) is 4.07. The molecule has 0 amide bonds. The summed E-state index contributed by atoms with van der Waals surface area (Å²) in [6.07, 6.45) is 1.67. The van der Waals surface area contributed by atoms with E-state index < -0.39 is 0 Å². The van der Waals surface area contributed by atoms with Gasteiger partial charge in [0.25, 0.3) is 5.91 Å². The summed E-state index contributed by atoms with van der Waals surface area (Å²) in [6.45, 7) is 1.24. The first-order valence-corrected chi connectivity index (χ1v) is 9.49. The molecule has 1 heterocycles. The van der Waals surface area contributed by atoms with Gasteiger partial charge in [0.1, 0.15) is 12.4 Å². The van der Waals surface area contributed by atoms with Gasteiger partial charge in [-0.05, 0) is 50.5 Å². The van der Waals surface area contributed by atoms with Crippen LogP contribution in [0, 0.1) is 0 Å². The Hall–Kier alpha value is -1.53. The van der Waals surface area contributed by atoms with Crippen molar-refractivity contribution in [1.82, 2.24) is 9.47 Å². The maximum Gasteiger partial charge on any atom is 0.262 e. The van der Waals surface area contributed by atoms with E-state index in [9.17, 15) is 4.79 Å². The fraction of sp³-hybridized carbons (Fsp3) is 0.211. The number of benzene rings is 2. The van der Waals surface area contributed by atoms with Gasteiger partial charge in [-0.25, -0.2) is 0 Å². The highest BCUT2D eigenvalue weighted by Crippen LogP contribution is 2.36. The number of hydrogen-bond donors (Lipinski definition) is 0. The van der Waals surface area contributed by atoms with Crippen LogP contribution in [0.2, 0.25) is 10.0 Å². The molecule has 0 spiro atoms. The van der Waals surface area contributed by atoms with Crippen molar-refractivity contribution in [3.05, 3.63) is 62.7 Å². The van der Waals surface area contributed by atoms with Gasteiger partial charge in [0.05, 0.1) is 16.7 Å². The lowest BCUT2D eigenvalue weighted by Crippen LogP contribution is -2.19. The van der Waals surface area contributed by atoms with E-state index in [1.165, 1.54) is 4.57 Å². The van der Waals surface area contributed by atoms with Crippen LogP contribution >= 0.6 is 39.1 Å². The zero-order valence-electron chi connectivity index (χ0n) is 14.3. The van der Waals surface area contributed by atoms with Crippen LogP contribution < -0.4 is 4.74 Å². The molecule has 4 nitrogen and oxygen atoms in total. The molecule has 0 saturated heterocycles. The molecule has 1 aromatic heterocycles. The number of hydrogen-bond acceptors (Lipinski definition) is 3. The number of aromatic nitrogens is 1. The summed E-state index contributed by atoms with van der Waals surface area (Å²) in [6, 6.07) is 10.6. The van der Waals surface area contributed by atoms with E-state index in [-0.39, 0.29) is 5.91 Å². The van der Waals surface area contributed by atoms with Crippen LogP contribution in [0.15, 0.2) is 47.1 Å². The Morgan fingerprint density at radius 1 is 1.19 bits per heavy atom. The quantitative estimate of drug-likeness (QED) is 0.520. The Kier molecular flexibility index (Phi) is 5.92. The number of likely N-dealkylation sites (N-methyl/N-ethyl adjacent to an activating group) is 1. The predicted molar refractivity (Wildman–Crippen MR) is 110 cm³/mol. The number of ether oxygens (including phenoxy) is 1. The van der Waals surface area contributed by atoms with E-state index in [1.807, 2.05) is 31.1 Å². The largest absolute Gasteiger partial charge is 0.490 e. The van der Waals surface area contributed by atoms with Crippen LogP contribution in [0.4, 0.5) is 0 Å². The van der Waals surface area contributed by atoms with Crippen molar-refractivity contribution in [3.63, 3.8) is 0 Å². The van der Waals surface area contributed by atoms with Crippen molar-refractivity contribution >= 4 is 55.9 Å². The smallest absolute Gasteiger partial charge is 0.262 e. The molecule has 0 aliphatic rings. The van der Waals surface area contributed by atoms with Gasteiger partial charge in [-0.1, -0.05) is 39.1 Å². The van der Waals surface area contributed by atoms with Crippen LogP contribution in [-0.2, 0) is 0 Å². The molecule has 136 valence electrons. The first-order valence-electron chi connectivity index (χ1n) is 7.94. The molecule has 3 aromatic rings. The average molecular weight is 456 g/mol. The van der Waals surface area contributed by atoms with E-state index >= 15 is 0 Å². The van der Waals surface area contributed by atoms with E-state index in [0.717, 1.165) is 11.0 Å². The molecule has 0 unspecified atom stereocenters. The van der Waals surface area contributed by atoms with Crippen molar-refractivity contribution in [2.24, 2.45) is 0 Å². The number of carbonyl (C=O) groups excluding carboxylic acids is 1. The summed E-state index contributed by atoms with van der Waals surface area (Å²) in [5.41, 5.74) is 1.14. The van der Waals surface area contributed by atoms with Gasteiger partial charge in [-0.15, -0.1) is 0 Å². The summed E-state index contributed by atoms with van der Waals surface area (Å²) < 4.78 is 8.31. The normalized spacial score (nSPS) is 11.3. The van der Waals surface area contributed by atoms with Crippen molar-refractivity contribution in [1.29, 1.82) is 0 Å². The van der Waals surface area contributed by atoms with Crippen molar-refractivity contribution in [3.8, 4) is 5.75 Å². The van der Waals surface area contributed by atoms with Gasteiger partial charge in [-0.3, -0.25) is 9.36 Å². The topological polar surface area (TPSA) is 34.5 Å². The molecule has 7 heteroatoms. The Morgan fingerprint density at radius 2 is 1.88 bits per heavy atom. The Bertz CT molecular complexity index is 952. The van der Waals surface area contributed by atoms with E-state index in [2.05, 4.69) is 15.9 Å². The number of carbonyl (C=O) groups is 1. The first kappa shape index (κ1) is 19.2. The van der Waals surface area contributed by atoms with Crippen molar-refractivity contribution in [2.45, 2.75) is 0 Å². The second-order valence-electron chi connectivity index (χ2n) is 6.11. The summed E-state index contributed by atoms with van der Waals surface area (Å²) >= 11 is 15.9. The minimum absolute atomic E-state index is 0.186. The predicted octanol–water partition coefficient (Wildman–Crippen LogP) is 5.34. The molecule has 0 bridgehead atoms. The zero-order valence-corrected chi connectivity index (χ0v) is 17.4. The summed E-state index contributed by atoms with van der Waals surface area (Å²) in [5.74, 6) is 0.394. The monoisotopic (exact) mass is 454 g/mol. The maximum atomic E-state index is 13.0. The first-order chi connectivity index (χ1) is 12.4. The van der Waals surface area contributed by atoms with Gasteiger partial charge in [0.15, 0.2) is 0 Å². The van der Waals surface area contributed by atoms with Gasteiger partial charge in [0.2, 0.25) is 0 Å². The number of fused-ring (bicyclic) bond motifs is 1. The van der Waals surface area contributed by atoms with Gasteiger partial charge >= 0.3 is 0 Å². The Morgan fingerprint density at radius 3 is 2.54 bits per heavy atom. The SMILES string of the molecule is CN(C)CCOc1cn(C(=O)c2ccc(Br)cc2)c2c(Cl)cc(Cl)cc12. The third-order valence-corrected chi connectivity index (χ3v) is 4.92. The highest BCUT2D eigenvalue weighted by Gasteiger charge is 2.19. The van der Waals surface area contributed by atoms with Crippen LogP contribution in [0.25, 0.3) is 10.9 Å². The highest BCUT2D eigenvalue weighted by molar-refractivity contribution is 9.10. The molecule has 26 heavy (non-hydrogen) atoms. The fourth-order valence-corrected chi connectivity index (χ4v) is 3.44. The minimum atomic E-state index is -0.186. The van der Waals surface area contributed by atoms with Gasteiger partial charge in [0, 0.05) is 27.0 Å². The van der Waals surface area contributed by atoms with E-state index in [0.29, 0.717) is 38.9 Å². The summed E-state index contributed by atoms with van der Waals surface area (Å²) in [4.78, 5) is 15.0. The second-order valence-corrected chi connectivity index (χ2v) is 7.87. The lowest BCUT2D eigenvalue weighted by atomic mass is 10.2. The number of nitrogens with zero attached hydrogens (tertiary/aromatic N) is 2. The molecule has 0 atom stereocenters. The molecular weight excluding hydrogens is 439 g/mol. The Labute approximate surface area is 170 Å². The van der Waals surface area contributed by atoms with Crippen LogP contribution in [0.5, 0.6) is 5.75 Å². The molecule has 2 aromatic carbocycles. The van der Waals surface area contributed by atoms with Crippen LogP contribution in [0.3, 0.4) is 0 Å². The standard InChI is InChI=1S/C19H17BrCl2N2O2/c1-23(2)7-8-26-17-11-24(18-15(17)9-14(21)10-16(18)22)19(25)12-3-5-13(20)6-4-12/h3-6,9-11H,7-8H2,1-2H3. The number of rotatable bonds is 5. The molecule has 0 saturated carbocycles. The Balaban J connectivity index is 2.07. The molecule has 0 aliphatic carbocycles. The van der Waals surface area contributed by atoms with Gasteiger partial charge in [-0.2, -0.15) is 0 Å². The van der Waals surface area contributed by atoms with E-state index in [4.69, 9.17) is 27.9 Å². The average Bonchev–Trinajstić information content (AvgIpc) is 2.93. The van der Waals surface area contributed by atoms with E-state index in [1.54, 1.807) is 30.5 Å². The number of halogens is 3. The van der Waals surface area contributed by atoms with Crippen molar-refractivity contribution in [2.75, 3.05) is 27.2 Å². The van der Waals surface area contributed by atoms with Crippen molar-refractivity contribution < 1.29 is 9.53 Å². The molecule has 0 aliphatic heterocycles. The fourth-order valence-electron chi connectivity index (χ4n) is 2.59. The van der Waals surface area contributed by atoms with Gasteiger partial charge < -0.3 is 9.64 Å². The lowest BCUT2D eigenvalue weighted by molar-refractivity contribution is 0.0964. The third-order valence-electron chi connectivity index (χ3n) is 3.89. The molecule has 0 fully saturated rings. The summed E-state index contributed by atoms with van der Waals surface area (Å²) in [7, 11) is 3.94.